The van der Waals surface area contributed by atoms with Crippen molar-refractivity contribution in [3.63, 3.8) is 0 Å². The number of hydrogen-bond acceptors (Lipinski definition) is 1. The van der Waals surface area contributed by atoms with E-state index in [9.17, 15) is 4.79 Å². The zero-order valence-electron chi connectivity index (χ0n) is 6.64. The fourth-order valence-electron chi connectivity index (χ4n) is 1.03. The van der Waals surface area contributed by atoms with Crippen molar-refractivity contribution in [2.45, 2.75) is 23.8 Å². The molecule has 9 heteroatoms. The minimum atomic E-state index is -2.23. The first-order valence-corrected chi connectivity index (χ1v) is 6.45. The molecule has 1 saturated carbocycles. The molecule has 88 valence electrons. The van der Waals surface area contributed by atoms with Gasteiger partial charge < -0.3 is 0 Å². The van der Waals surface area contributed by atoms with Gasteiger partial charge in [-0.1, -0.05) is 92.8 Å². The summed E-state index contributed by atoms with van der Waals surface area (Å²) in [6.45, 7) is 0. The zero-order valence-corrected chi connectivity index (χ0v) is 12.7. The molecule has 0 radical (unpaired) electrons. The molecule has 0 amide bonds. The Bertz CT molecular complexity index is 306. The highest BCUT2D eigenvalue weighted by molar-refractivity contribution is 6.78. The van der Waals surface area contributed by atoms with Crippen LogP contribution in [0.15, 0.2) is 0 Å². The Labute approximate surface area is 126 Å². The lowest BCUT2D eigenvalue weighted by Gasteiger charge is -2.49. The van der Waals surface area contributed by atoms with Crippen molar-refractivity contribution in [2.75, 3.05) is 0 Å². The Balaban J connectivity index is 3.36. The summed E-state index contributed by atoms with van der Waals surface area (Å²) in [4.78, 5) is 11.5. The summed E-state index contributed by atoms with van der Waals surface area (Å²) in [7, 11) is 0. The predicted molar refractivity (Wildman–Crippen MR) is 67.4 cm³/mol. The Kier molecular flexibility index (Phi) is 4.01. The largest absolute Gasteiger partial charge is 0.296 e. The molecule has 0 aliphatic heterocycles. The second-order valence-electron chi connectivity index (χ2n) is 3.03. The first-order valence-electron chi connectivity index (χ1n) is 3.42. The summed E-state index contributed by atoms with van der Waals surface area (Å²) in [6, 6.07) is 0. The zero-order chi connectivity index (χ0) is 12.3. The molecule has 1 aliphatic rings. The lowest BCUT2D eigenvalue weighted by Crippen LogP contribution is -2.66. The van der Waals surface area contributed by atoms with Crippen LogP contribution in [0.4, 0.5) is 0 Å². The van der Waals surface area contributed by atoms with Crippen molar-refractivity contribution in [3.8, 4) is 0 Å². The quantitative estimate of drug-likeness (QED) is 0.565. The molecular weight excluding hydrogens is 372 g/mol. The third kappa shape index (κ3) is 1.96. The normalized spacial score (nSPS) is 31.3. The van der Waals surface area contributed by atoms with Gasteiger partial charge in [-0.25, -0.2) is 0 Å². The fourth-order valence-corrected chi connectivity index (χ4v) is 3.31. The highest BCUT2D eigenvalue weighted by Crippen LogP contribution is 2.65. The first-order chi connectivity index (χ1) is 6.38. The van der Waals surface area contributed by atoms with E-state index in [2.05, 4.69) is 0 Å². The molecule has 0 atom stereocenters. The van der Waals surface area contributed by atoms with Gasteiger partial charge in [-0.15, -0.1) is 0 Å². The van der Waals surface area contributed by atoms with E-state index in [4.69, 9.17) is 92.8 Å². The van der Waals surface area contributed by atoms with Crippen molar-refractivity contribution in [1.82, 2.24) is 0 Å². The first kappa shape index (κ1) is 15.0. The van der Waals surface area contributed by atoms with Gasteiger partial charge >= 0.3 is 0 Å². The number of Topliss-reactive ketones (excluding diaryl/α,β-unsaturated/α-hetero) is 1. The monoisotopic (exact) mass is 370 g/mol. The van der Waals surface area contributed by atoms with Crippen LogP contribution >= 0.6 is 92.8 Å². The van der Waals surface area contributed by atoms with Crippen molar-refractivity contribution in [2.24, 2.45) is 0 Å². The van der Waals surface area contributed by atoms with E-state index in [0.29, 0.717) is 0 Å². The molecule has 0 heterocycles. The molecule has 1 aliphatic carbocycles. The number of hydrogen-bond donors (Lipinski definition) is 0. The van der Waals surface area contributed by atoms with Crippen molar-refractivity contribution >= 4 is 98.6 Å². The van der Waals surface area contributed by atoms with Crippen LogP contribution in [0.2, 0.25) is 0 Å². The van der Waals surface area contributed by atoms with Gasteiger partial charge in [0.25, 0.3) is 0 Å². The van der Waals surface area contributed by atoms with E-state index in [1.54, 1.807) is 0 Å². The Morgan fingerprint density at radius 2 is 1.20 bits per heavy atom. The number of alkyl halides is 8. The minimum Gasteiger partial charge on any atom is -0.296 e. The predicted octanol–water partition coefficient (Wildman–Crippen LogP) is 4.65. The number of carbonyl (C=O) groups is 1. The maximum Gasteiger partial charge on any atom is 0.211 e. The average Bonchev–Trinajstić information content (AvgIpc) is 2.00. The molecule has 0 aromatic carbocycles. The van der Waals surface area contributed by atoms with E-state index in [-0.39, 0.29) is 0 Å². The molecule has 1 fully saturated rings. The summed E-state index contributed by atoms with van der Waals surface area (Å²) < 4.78 is -8.37. The maximum absolute atomic E-state index is 11.5. The summed E-state index contributed by atoms with van der Waals surface area (Å²) in [5.74, 6) is -0.752. The van der Waals surface area contributed by atoms with Crippen LogP contribution in [-0.2, 0) is 4.79 Å². The topological polar surface area (TPSA) is 17.1 Å². The van der Waals surface area contributed by atoms with Gasteiger partial charge in [-0.05, 0) is 0 Å². The second kappa shape index (κ2) is 3.99. The number of rotatable bonds is 0. The number of halogens is 8. The maximum atomic E-state index is 11.5. The number of ketones is 1. The molecule has 0 spiro atoms. The third-order valence-corrected chi connectivity index (χ3v) is 7.31. The van der Waals surface area contributed by atoms with Gasteiger partial charge in [0, 0.05) is 6.42 Å². The molecule has 1 nitrogen and oxygen atoms in total. The van der Waals surface area contributed by atoms with Gasteiger partial charge in [0.15, 0.2) is 18.8 Å². The third-order valence-electron chi connectivity index (χ3n) is 1.98. The van der Waals surface area contributed by atoms with Crippen LogP contribution in [0.3, 0.4) is 0 Å². The molecule has 0 bridgehead atoms. The number of carbonyl (C=O) groups excluding carboxylic acids is 1. The van der Waals surface area contributed by atoms with Crippen LogP contribution in [0.25, 0.3) is 0 Å². The average molecular weight is 374 g/mol. The van der Waals surface area contributed by atoms with Crippen LogP contribution in [0.5, 0.6) is 0 Å². The summed E-state index contributed by atoms with van der Waals surface area (Å²) >= 11 is 46.1. The van der Waals surface area contributed by atoms with Crippen LogP contribution < -0.4 is 0 Å². The van der Waals surface area contributed by atoms with Crippen LogP contribution in [0, 0.1) is 0 Å². The SMILES string of the molecule is O=C1CC(Cl)(Cl)C(Cl)(Cl)C(Cl)(Cl)C1(Cl)Cl. The fraction of sp³-hybridized carbons (Fsp3) is 0.833. The van der Waals surface area contributed by atoms with Crippen molar-refractivity contribution < 1.29 is 4.79 Å². The van der Waals surface area contributed by atoms with E-state index < -0.39 is 29.5 Å². The highest BCUT2D eigenvalue weighted by atomic mass is 35.6. The van der Waals surface area contributed by atoms with Gasteiger partial charge in [0.05, 0.1) is 0 Å². The molecular formula is C6H2Cl8O. The summed E-state index contributed by atoms with van der Waals surface area (Å²) in [5.41, 5.74) is 0. The molecule has 1 rings (SSSR count). The smallest absolute Gasteiger partial charge is 0.211 e. The van der Waals surface area contributed by atoms with Crippen LogP contribution in [0.1, 0.15) is 6.42 Å². The van der Waals surface area contributed by atoms with Crippen LogP contribution in [-0.4, -0.2) is 23.1 Å². The van der Waals surface area contributed by atoms with Gasteiger partial charge in [-0.3, -0.25) is 4.79 Å². The molecule has 0 unspecified atom stereocenters. The Morgan fingerprint density at radius 3 is 1.60 bits per heavy atom. The van der Waals surface area contributed by atoms with E-state index in [1.165, 1.54) is 0 Å². The summed E-state index contributed by atoms with van der Waals surface area (Å²) in [5, 5.41) is 0. The lowest BCUT2D eigenvalue weighted by molar-refractivity contribution is -0.121. The second-order valence-corrected chi connectivity index (χ2v) is 8.49. The molecule has 15 heavy (non-hydrogen) atoms. The summed E-state index contributed by atoms with van der Waals surface area (Å²) in [6.07, 6.45) is -0.461. The van der Waals surface area contributed by atoms with Gasteiger partial charge in [0.1, 0.15) is 0 Å². The minimum absolute atomic E-state index is 0.461. The highest BCUT2D eigenvalue weighted by Gasteiger charge is 2.74. The standard InChI is InChI=1S/C6H2Cl8O/c7-3(8)1-2(15)4(9,10)6(13,14)5(3,11)12/h1H2. The van der Waals surface area contributed by atoms with Crippen molar-refractivity contribution in [1.29, 1.82) is 0 Å². The molecule has 0 saturated heterocycles. The molecule has 0 aromatic heterocycles. The van der Waals surface area contributed by atoms with E-state index >= 15 is 0 Å². The van der Waals surface area contributed by atoms with Gasteiger partial charge in [0.2, 0.25) is 4.33 Å². The lowest BCUT2D eigenvalue weighted by atomic mass is 9.95. The van der Waals surface area contributed by atoms with Crippen molar-refractivity contribution in [3.05, 3.63) is 0 Å². The van der Waals surface area contributed by atoms with E-state index in [0.717, 1.165) is 0 Å². The Morgan fingerprint density at radius 1 is 0.800 bits per heavy atom. The Hall–Kier alpha value is 1.99. The van der Waals surface area contributed by atoms with Gasteiger partial charge in [-0.2, -0.15) is 0 Å². The molecule has 0 N–H and O–H groups in total. The molecule has 0 aromatic rings. The van der Waals surface area contributed by atoms with E-state index in [1.807, 2.05) is 0 Å².